The summed E-state index contributed by atoms with van der Waals surface area (Å²) in [7, 11) is 0. The van der Waals surface area contributed by atoms with Gasteiger partial charge in [-0.3, -0.25) is 4.98 Å². The molecule has 0 saturated carbocycles. The molecule has 98 valence electrons. The summed E-state index contributed by atoms with van der Waals surface area (Å²) in [4.78, 5) is 4.11. The summed E-state index contributed by atoms with van der Waals surface area (Å²) in [5.74, 6) is 0.862. The summed E-state index contributed by atoms with van der Waals surface area (Å²) in [6, 6.07) is 10.0. The van der Waals surface area contributed by atoms with Gasteiger partial charge >= 0.3 is 0 Å². The van der Waals surface area contributed by atoms with E-state index in [1.54, 1.807) is 12.3 Å². The van der Waals surface area contributed by atoms with Gasteiger partial charge in [-0.25, -0.2) is 0 Å². The van der Waals surface area contributed by atoms with Crippen molar-refractivity contribution in [3.63, 3.8) is 0 Å². The van der Waals surface area contributed by atoms with E-state index in [9.17, 15) is 0 Å². The van der Waals surface area contributed by atoms with Crippen molar-refractivity contribution < 1.29 is 4.74 Å². The predicted molar refractivity (Wildman–Crippen MR) is 78.4 cm³/mol. The molecule has 0 atom stereocenters. The van der Waals surface area contributed by atoms with Crippen molar-refractivity contribution >= 4 is 5.69 Å². The van der Waals surface area contributed by atoms with E-state index in [2.05, 4.69) is 35.9 Å². The average Bonchev–Trinajstić information content (AvgIpc) is 2.45. The minimum atomic E-state index is 0.534. The molecule has 0 saturated heterocycles. The Morgan fingerprint density at radius 3 is 2.74 bits per heavy atom. The SMILES string of the molecule is C=CCOc1ccc(CNc2cnccc2C)cc1. The second kappa shape index (κ2) is 6.59. The molecule has 1 N–H and O–H groups in total. The van der Waals surface area contributed by atoms with Crippen LogP contribution >= 0.6 is 0 Å². The topological polar surface area (TPSA) is 34.1 Å². The molecule has 0 unspecified atom stereocenters. The summed E-state index contributed by atoms with van der Waals surface area (Å²) >= 11 is 0. The van der Waals surface area contributed by atoms with E-state index in [1.807, 2.05) is 24.4 Å². The van der Waals surface area contributed by atoms with E-state index in [4.69, 9.17) is 4.74 Å². The second-order valence-corrected chi connectivity index (χ2v) is 4.29. The Kier molecular flexibility index (Phi) is 4.56. The van der Waals surface area contributed by atoms with Gasteiger partial charge in [0.05, 0.1) is 11.9 Å². The number of rotatable bonds is 6. The van der Waals surface area contributed by atoms with E-state index in [0.717, 1.165) is 18.0 Å². The summed E-state index contributed by atoms with van der Waals surface area (Å²) in [5, 5.41) is 3.37. The smallest absolute Gasteiger partial charge is 0.119 e. The number of benzene rings is 1. The molecule has 2 rings (SSSR count). The van der Waals surface area contributed by atoms with Gasteiger partial charge in [0.1, 0.15) is 12.4 Å². The molecule has 0 aliphatic carbocycles. The van der Waals surface area contributed by atoms with E-state index in [-0.39, 0.29) is 0 Å². The van der Waals surface area contributed by atoms with Crippen LogP contribution in [0.2, 0.25) is 0 Å². The minimum Gasteiger partial charge on any atom is -0.490 e. The quantitative estimate of drug-likeness (QED) is 0.800. The number of ether oxygens (including phenoxy) is 1. The Bertz CT molecular complexity index is 535. The molecule has 0 bridgehead atoms. The van der Waals surface area contributed by atoms with Crippen LogP contribution < -0.4 is 10.1 Å². The number of hydrogen-bond acceptors (Lipinski definition) is 3. The fourth-order valence-electron chi connectivity index (χ4n) is 1.71. The molecule has 1 aromatic heterocycles. The van der Waals surface area contributed by atoms with Crippen molar-refractivity contribution in [2.75, 3.05) is 11.9 Å². The highest BCUT2D eigenvalue weighted by atomic mass is 16.5. The van der Waals surface area contributed by atoms with E-state index < -0.39 is 0 Å². The predicted octanol–water partition coefficient (Wildman–Crippen LogP) is 3.57. The van der Waals surface area contributed by atoms with Gasteiger partial charge < -0.3 is 10.1 Å². The first-order chi connectivity index (χ1) is 9.29. The van der Waals surface area contributed by atoms with Crippen LogP contribution in [-0.2, 0) is 6.54 Å². The average molecular weight is 254 g/mol. The molecular weight excluding hydrogens is 236 g/mol. The zero-order valence-electron chi connectivity index (χ0n) is 11.1. The summed E-state index contributed by atoms with van der Waals surface area (Å²) in [6.07, 6.45) is 5.38. The first kappa shape index (κ1) is 13.1. The maximum Gasteiger partial charge on any atom is 0.119 e. The van der Waals surface area contributed by atoms with Crippen molar-refractivity contribution in [1.29, 1.82) is 0 Å². The third-order valence-corrected chi connectivity index (χ3v) is 2.81. The molecule has 0 spiro atoms. The largest absolute Gasteiger partial charge is 0.490 e. The van der Waals surface area contributed by atoms with Gasteiger partial charge in [0.15, 0.2) is 0 Å². The first-order valence-electron chi connectivity index (χ1n) is 6.26. The van der Waals surface area contributed by atoms with E-state index >= 15 is 0 Å². The molecule has 0 aliphatic heterocycles. The highest BCUT2D eigenvalue weighted by Crippen LogP contribution is 2.15. The number of pyridine rings is 1. The van der Waals surface area contributed by atoms with Crippen LogP contribution in [0.15, 0.2) is 55.4 Å². The Morgan fingerprint density at radius 1 is 1.26 bits per heavy atom. The van der Waals surface area contributed by atoms with Crippen LogP contribution in [0.3, 0.4) is 0 Å². The van der Waals surface area contributed by atoms with Gasteiger partial charge in [0.25, 0.3) is 0 Å². The van der Waals surface area contributed by atoms with Crippen molar-refractivity contribution in [3.8, 4) is 5.75 Å². The third kappa shape index (κ3) is 3.85. The van der Waals surface area contributed by atoms with Crippen molar-refractivity contribution in [3.05, 3.63) is 66.5 Å². The number of nitrogens with one attached hydrogen (secondary N) is 1. The lowest BCUT2D eigenvalue weighted by atomic mass is 10.2. The molecule has 2 aromatic rings. The Labute approximate surface area is 114 Å². The van der Waals surface area contributed by atoms with Gasteiger partial charge in [-0.15, -0.1) is 0 Å². The first-order valence-corrected chi connectivity index (χ1v) is 6.26. The maximum absolute atomic E-state index is 5.44. The number of anilines is 1. The monoisotopic (exact) mass is 254 g/mol. The number of nitrogens with zero attached hydrogens (tertiary/aromatic N) is 1. The fourth-order valence-corrected chi connectivity index (χ4v) is 1.71. The van der Waals surface area contributed by atoms with Crippen molar-refractivity contribution in [1.82, 2.24) is 4.98 Å². The number of hydrogen-bond donors (Lipinski definition) is 1. The number of aryl methyl sites for hydroxylation is 1. The summed E-state index contributed by atoms with van der Waals surface area (Å²) in [6.45, 7) is 7.00. The summed E-state index contributed by atoms with van der Waals surface area (Å²) in [5.41, 5.74) is 3.46. The van der Waals surface area contributed by atoms with E-state index in [0.29, 0.717) is 6.61 Å². The highest BCUT2D eigenvalue weighted by Gasteiger charge is 1.98. The Balaban J connectivity index is 1.93. The standard InChI is InChI=1S/C16H18N2O/c1-3-10-19-15-6-4-14(5-7-15)11-18-16-12-17-9-8-13(16)2/h3-9,12,18H,1,10-11H2,2H3. The molecule has 0 aliphatic rings. The fraction of sp³-hybridized carbons (Fsp3) is 0.188. The zero-order chi connectivity index (χ0) is 13.5. The van der Waals surface area contributed by atoms with Gasteiger partial charge in [-0.05, 0) is 36.2 Å². The molecule has 1 heterocycles. The van der Waals surface area contributed by atoms with Gasteiger partial charge in [0, 0.05) is 12.7 Å². The number of aromatic nitrogens is 1. The van der Waals surface area contributed by atoms with Crippen LogP contribution in [0.5, 0.6) is 5.75 Å². The molecule has 0 fully saturated rings. The molecule has 0 amide bonds. The van der Waals surface area contributed by atoms with Crippen molar-refractivity contribution in [2.45, 2.75) is 13.5 Å². The zero-order valence-corrected chi connectivity index (χ0v) is 11.1. The van der Waals surface area contributed by atoms with Crippen LogP contribution in [0.1, 0.15) is 11.1 Å². The lowest BCUT2D eigenvalue weighted by molar-refractivity contribution is 0.363. The molecule has 3 nitrogen and oxygen atoms in total. The van der Waals surface area contributed by atoms with Crippen LogP contribution in [0.4, 0.5) is 5.69 Å². The molecule has 19 heavy (non-hydrogen) atoms. The minimum absolute atomic E-state index is 0.534. The summed E-state index contributed by atoms with van der Waals surface area (Å²) < 4.78 is 5.44. The van der Waals surface area contributed by atoms with Gasteiger partial charge in [-0.2, -0.15) is 0 Å². The Morgan fingerprint density at radius 2 is 2.05 bits per heavy atom. The van der Waals surface area contributed by atoms with Crippen LogP contribution in [0, 0.1) is 6.92 Å². The molecular formula is C16H18N2O. The third-order valence-electron chi connectivity index (χ3n) is 2.81. The van der Waals surface area contributed by atoms with Crippen LogP contribution in [-0.4, -0.2) is 11.6 Å². The van der Waals surface area contributed by atoms with E-state index in [1.165, 1.54) is 11.1 Å². The molecule has 3 heteroatoms. The van der Waals surface area contributed by atoms with Crippen LogP contribution in [0.25, 0.3) is 0 Å². The molecule has 1 aromatic carbocycles. The maximum atomic E-state index is 5.44. The lowest BCUT2D eigenvalue weighted by Crippen LogP contribution is -2.01. The Hall–Kier alpha value is -2.29. The second-order valence-electron chi connectivity index (χ2n) is 4.29. The van der Waals surface area contributed by atoms with Gasteiger partial charge in [-0.1, -0.05) is 24.8 Å². The van der Waals surface area contributed by atoms with Crippen molar-refractivity contribution in [2.24, 2.45) is 0 Å². The van der Waals surface area contributed by atoms with Gasteiger partial charge in [0.2, 0.25) is 0 Å². The normalized spacial score (nSPS) is 9.95. The molecule has 0 radical (unpaired) electrons. The highest BCUT2D eigenvalue weighted by molar-refractivity contribution is 5.48. The lowest BCUT2D eigenvalue weighted by Gasteiger charge is -2.09.